The second-order valence-electron chi connectivity index (χ2n) is 6.24. The van der Waals surface area contributed by atoms with Gasteiger partial charge >= 0.3 is 0 Å². The fourth-order valence-corrected chi connectivity index (χ4v) is 3.68. The van der Waals surface area contributed by atoms with Gasteiger partial charge in [-0.25, -0.2) is 4.98 Å². The fourth-order valence-electron chi connectivity index (χ4n) is 2.80. The Morgan fingerprint density at radius 2 is 1.93 bits per heavy atom. The Bertz CT molecular complexity index is 1200. The Labute approximate surface area is 170 Å². The second kappa shape index (κ2) is 7.76. The molecule has 0 atom stereocenters. The minimum Gasteiger partial charge on any atom is -0.494 e. The Kier molecular flexibility index (Phi) is 5.01. The summed E-state index contributed by atoms with van der Waals surface area (Å²) in [7, 11) is 1.58. The summed E-state index contributed by atoms with van der Waals surface area (Å²) in [6.45, 7) is 1.85. The van der Waals surface area contributed by atoms with Crippen molar-refractivity contribution in [3.63, 3.8) is 0 Å². The van der Waals surface area contributed by atoms with E-state index in [1.54, 1.807) is 37.4 Å². The number of thiazole rings is 1. The number of amides is 2. The minimum atomic E-state index is -0.381. The maximum Gasteiger partial charge on any atom is 0.291 e. The van der Waals surface area contributed by atoms with E-state index in [4.69, 9.17) is 9.15 Å². The number of nitrogens with one attached hydrogen (secondary N) is 2. The van der Waals surface area contributed by atoms with E-state index in [1.165, 1.54) is 17.6 Å². The lowest BCUT2D eigenvalue weighted by Crippen LogP contribution is -2.15. The highest BCUT2D eigenvalue weighted by Gasteiger charge is 2.15. The molecule has 2 N–H and O–H groups in total. The first-order valence-corrected chi connectivity index (χ1v) is 9.57. The van der Waals surface area contributed by atoms with Crippen molar-refractivity contribution in [3.05, 3.63) is 71.7 Å². The van der Waals surface area contributed by atoms with Gasteiger partial charge in [-0.05, 0) is 48.9 Å². The zero-order valence-corrected chi connectivity index (χ0v) is 16.5. The molecule has 4 aromatic rings. The van der Waals surface area contributed by atoms with Gasteiger partial charge in [0.2, 0.25) is 0 Å². The summed E-state index contributed by atoms with van der Waals surface area (Å²) in [5.74, 6) is 0.144. The number of benzene rings is 2. The third-order valence-electron chi connectivity index (χ3n) is 4.32. The van der Waals surface area contributed by atoms with Gasteiger partial charge < -0.3 is 14.5 Å². The first kappa shape index (κ1) is 18.7. The molecule has 0 aliphatic carbocycles. The summed E-state index contributed by atoms with van der Waals surface area (Å²) in [4.78, 5) is 29.4. The number of aryl methyl sites for hydroxylation is 1. The summed E-state index contributed by atoms with van der Waals surface area (Å²) in [6.07, 6.45) is 1.43. The number of furan rings is 1. The number of aromatic nitrogens is 1. The number of hydrogen-bond acceptors (Lipinski definition) is 6. The van der Waals surface area contributed by atoms with Crippen LogP contribution in [0, 0.1) is 6.92 Å². The van der Waals surface area contributed by atoms with Gasteiger partial charge in [-0.3, -0.25) is 14.9 Å². The molecular formula is C21H17N3O4S. The Balaban J connectivity index is 1.55. The number of hydrogen-bond donors (Lipinski definition) is 2. The van der Waals surface area contributed by atoms with Crippen LogP contribution in [0.25, 0.3) is 10.2 Å². The fraction of sp³-hybridized carbons (Fsp3) is 0.0952. The first-order chi connectivity index (χ1) is 14.0. The van der Waals surface area contributed by atoms with Crippen LogP contribution in [0.1, 0.15) is 26.5 Å². The smallest absolute Gasteiger partial charge is 0.291 e. The lowest BCUT2D eigenvalue weighted by molar-refractivity contribution is 0.0993. The third kappa shape index (κ3) is 3.83. The zero-order chi connectivity index (χ0) is 20.4. The number of ether oxygens (including phenoxy) is 1. The van der Waals surface area contributed by atoms with Crippen LogP contribution in [0.4, 0.5) is 10.8 Å². The summed E-state index contributed by atoms with van der Waals surface area (Å²) < 4.78 is 11.3. The van der Waals surface area contributed by atoms with E-state index in [9.17, 15) is 9.59 Å². The molecule has 2 amide bonds. The normalized spacial score (nSPS) is 10.7. The summed E-state index contributed by atoms with van der Waals surface area (Å²) in [5.41, 5.74) is 2.46. The molecule has 0 aliphatic rings. The van der Waals surface area contributed by atoms with Crippen LogP contribution < -0.4 is 15.4 Å². The highest BCUT2D eigenvalue weighted by molar-refractivity contribution is 7.22. The number of carbonyl (C=O) groups excluding carboxylic acids is 2. The monoisotopic (exact) mass is 407 g/mol. The highest BCUT2D eigenvalue weighted by Crippen LogP contribution is 2.32. The maximum absolute atomic E-state index is 12.7. The number of rotatable bonds is 5. The molecule has 146 valence electrons. The van der Waals surface area contributed by atoms with Crippen LogP contribution in [0.2, 0.25) is 0 Å². The van der Waals surface area contributed by atoms with Crippen molar-refractivity contribution in [3.8, 4) is 5.75 Å². The standard InChI is InChI=1S/C21H17N3O4S/c1-12-8-9-13(11-14(12)22-20(26)16-6-4-10-28-16)19(25)24-21-23-18-15(27-2)5-3-7-17(18)29-21/h3-11H,1-2H3,(H,22,26)(H,23,24,25). The molecule has 4 rings (SSSR count). The van der Waals surface area contributed by atoms with Crippen LogP contribution in [0.3, 0.4) is 0 Å². The minimum absolute atomic E-state index is 0.197. The molecule has 0 radical (unpaired) electrons. The Hall–Kier alpha value is -3.65. The van der Waals surface area contributed by atoms with E-state index in [0.29, 0.717) is 27.6 Å². The second-order valence-corrected chi connectivity index (χ2v) is 7.27. The highest BCUT2D eigenvalue weighted by atomic mass is 32.1. The Morgan fingerprint density at radius 3 is 2.69 bits per heavy atom. The van der Waals surface area contributed by atoms with Crippen LogP contribution in [0.15, 0.2) is 59.2 Å². The van der Waals surface area contributed by atoms with E-state index in [0.717, 1.165) is 10.3 Å². The zero-order valence-electron chi connectivity index (χ0n) is 15.7. The van der Waals surface area contributed by atoms with Crippen molar-refractivity contribution in [1.29, 1.82) is 0 Å². The molecule has 2 aromatic carbocycles. The van der Waals surface area contributed by atoms with E-state index >= 15 is 0 Å². The number of fused-ring (bicyclic) bond motifs is 1. The van der Waals surface area contributed by atoms with Gasteiger partial charge in [-0.1, -0.05) is 23.5 Å². The molecule has 0 spiro atoms. The Morgan fingerprint density at radius 1 is 1.07 bits per heavy atom. The van der Waals surface area contributed by atoms with Crippen LogP contribution in [0.5, 0.6) is 5.75 Å². The molecule has 7 nitrogen and oxygen atoms in total. The van der Waals surface area contributed by atoms with Gasteiger partial charge in [0.05, 0.1) is 18.1 Å². The lowest BCUT2D eigenvalue weighted by Gasteiger charge is -2.09. The largest absolute Gasteiger partial charge is 0.494 e. The van der Waals surface area contributed by atoms with Crippen molar-refractivity contribution in [2.75, 3.05) is 17.7 Å². The van der Waals surface area contributed by atoms with Gasteiger partial charge in [0, 0.05) is 11.3 Å². The van der Waals surface area contributed by atoms with Gasteiger partial charge in [0.15, 0.2) is 10.9 Å². The molecule has 2 aromatic heterocycles. The number of anilines is 2. The molecule has 8 heteroatoms. The molecule has 0 saturated heterocycles. The number of carbonyl (C=O) groups is 2. The summed E-state index contributed by atoms with van der Waals surface area (Å²) >= 11 is 1.36. The quantitative estimate of drug-likeness (QED) is 0.500. The summed E-state index contributed by atoms with van der Waals surface area (Å²) in [5, 5.41) is 6.04. The lowest BCUT2D eigenvalue weighted by atomic mass is 10.1. The number of nitrogens with zero attached hydrogens (tertiary/aromatic N) is 1. The topological polar surface area (TPSA) is 93.5 Å². The molecule has 0 fully saturated rings. The van der Waals surface area contributed by atoms with Crippen molar-refractivity contribution < 1.29 is 18.7 Å². The van der Waals surface area contributed by atoms with Gasteiger partial charge in [-0.15, -0.1) is 0 Å². The van der Waals surface area contributed by atoms with Crippen LogP contribution in [-0.2, 0) is 0 Å². The van der Waals surface area contributed by atoms with E-state index in [1.807, 2.05) is 25.1 Å². The maximum atomic E-state index is 12.7. The summed E-state index contributed by atoms with van der Waals surface area (Å²) in [6, 6.07) is 13.9. The van der Waals surface area contributed by atoms with Crippen molar-refractivity contribution in [2.24, 2.45) is 0 Å². The molecule has 0 aliphatic heterocycles. The molecule has 0 saturated carbocycles. The predicted octanol–water partition coefficient (Wildman–Crippen LogP) is 4.71. The average Bonchev–Trinajstić information content (AvgIpc) is 3.38. The van der Waals surface area contributed by atoms with Crippen LogP contribution >= 0.6 is 11.3 Å². The van der Waals surface area contributed by atoms with Crippen molar-refractivity contribution in [2.45, 2.75) is 6.92 Å². The molecular weight excluding hydrogens is 390 g/mol. The molecule has 0 bridgehead atoms. The first-order valence-electron chi connectivity index (χ1n) is 8.75. The SMILES string of the molecule is COc1cccc2sc(NC(=O)c3ccc(C)c(NC(=O)c4ccco4)c3)nc12. The predicted molar refractivity (Wildman–Crippen MR) is 112 cm³/mol. The van der Waals surface area contributed by atoms with Gasteiger partial charge in [0.25, 0.3) is 11.8 Å². The number of methoxy groups -OCH3 is 1. The van der Waals surface area contributed by atoms with E-state index in [-0.39, 0.29) is 17.6 Å². The van der Waals surface area contributed by atoms with E-state index < -0.39 is 0 Å². The molecule has 29 heavy (non-hydrogen) atoms. The van der Waals surface area contributed by atoms with Gasteiger partial charge in [-0.2, -0.15) is 0 Å². The van der Waals surface area contributed by atoms with E-state index in [2.05, 4.69) is 15.6 Å². The van der Waals surface area contributed by atoms with Gasteiger partial charge in [0.1, 0.15) is 11.3 Å². The molecule has 2 heterocycles. The number of para-hydroxylation sites is 1. The van der Waals surface area contributed by atoms with Crippen LogP contribution in [-0.4, -0.2) is 23.9 Å². The van der Waals surface area contributed by atoms with Crippen molar-refractivity contribution >= 4 is 44.2 Å². The average molecular weight is 407 g/mol. The molecule has 0 unspecified atom stereocenters. The van der Waals surface area contributed by atoms with Crippen molar-refractivity contribution in [1.82, 2.24) is 4.98 Å². The third-order valence-corrected chi connectivity index (χ3v) is 5.25.